The lowest BCUT2D eigenvalue weighted by Crippen LogP contribution is -2.18. The van der Waals surface area contributed by atoms with Crippen LogP contribution in [-0.4, -0.2) is 11.1 Å². The number of nitrogens with one attached hydrogen (secondary N) is 1. The van der Waals surface area contributed by atoms with Crippen molar-refractivity contribution in [3.63, 3.8) is 0 Å². The van der Waals surface area contributed by atoms with Crippen LogP contribution in [-0.2, 0) is 11.3 Å². The Hall–Kier alpha value is -2.99. The summed E-state index contributed by atoms with van der Waals surface area (Å²) in [5.41, 5.74) is 1.98. The quantitative estimate of drug-likeness (QED) is 0.715. The molecular weight excluding hydrogens is 324 g/mol. The summed E-state index contributed by atoms with van der Waals surface area (Å²) < 4.78 is 11.3. The predicted molar refractivity (Wildman–Crippen MR) is 94.4 cm³/mol. The van der Waals surface area contributed by atoms with Gasteiger partial charge in [0.05, 0.1) is 0 Å². The second kappa shape index (κ2) is 6.25. The lowest BCUT2D eigenvalue weighted by Gasteiger charge is -2.15. The molecule has 3 aromatic rings. The Labute approximate surface area is 142 Å². The van der Waals surface area contributed by atoms with Crippen molar-refractivity contribution in [2.24, 2.45) is 4.99 Å². The summed E-state index contributed by atoms with van der Waals surface area (Å²) in [6.07, 6.45) is 0. The molecule has 1 aliphatic rings. The van der Waals surface area contributed by atoms with Crippen molar-refractivity contribution in [3.05, 3.63) is 65.5 Å². The molecule has 0 unspecified atom stereocenters. The predicted octanol–water partition coefficient (Wildman–Crippen LogP) is 4.88. The number of rotatable bonds is 3. The molecule has 2 aromatic carbocycles. The molecule has 0 atom stereocenters. The summed E-state index contributed by atoms with van der Waals surface area (Å²) in [5, 5.41) is 15.4. The maximum atomic E-state index is 9.28. The van der Waals surface area contributed by atoms with Gasteiger partial charge in [0.25, 0.3) is 6.02 Å². The van der Waals surface area contributed by atoms with E-state index in [0.717, 1.165) is 16.3 Å². The summed E-state index contributed by atoms with van der Waals surface area (Å²) in [6.45, 7) is 0.534. The van der Waals surface area contributed by atoms with Gasteiger partial charge in [0.15, 0.2) is 0 Å². The Kier molecular flexibility index (Phi) is 3.80. The van der Waals surface area contributed by atoms with Crippen LogP contribution in [0.4, 0.5) is 10.7 Å². The van der Waals surface area contributed by atoms with Gasteiger partial charge in [-0.2, -0.15) is 4.99 Å². The number of ether oxygens (including phenoxy) is 2. The van der Waals surface area contributed by atoms with E-state index >= 15 is 0 Å². The molecule has 0 fully saturated rings. The molecule has 0 saturated carbocycles. The average molecular weight is 338 g/mol. The molecule has 120 valence electrons. The second-order valence-corrected chi connectivity index (χ2v) is 6.10. The lowest BCUT2D eigenvalue weighted by molar-refractivity contribution is 0.287. The fourth-order valence-corrected chi connectivity index (χ4v) is 3.03. The smallest absolute Gasteiger partial charge is 0.295 e. The first-order valence-corrected chi connectivity index (χ1v) is 8.26. The van der Waals surface area contributed by atoms with Gasteiger partial charge < -0.3 is 19.9 Å². The number of fused-ring (bicyclic) bond motifs is 1. The average Bonchev–Trinajstić information content (AvgIpc) is 3.06. The SMILES string of the molecule is Oc1ccc(Oc2ccc(NC3=Nc4sccc4CO3)cc2)cc1. The maximum Gasteiger partial charge on any atom is 0.295 e. The second-order valence-electron chi connectivity index (χ2n) is 5.20. The normalized spacial score (nSPS) is 12.8. The summed E-state index contributed by atoms with van der Waals surface area (Å²) >= 11 is 1.60. The molecule has 0 saturated heterocycles. The monoisotopic (exact) mass is 338 g/mol. The van der Waals surface area contributed by atoms with Gasteiger partial charge in [-0.05, 0) is 60.0 Å². The first-order chi connectivity index (χ1) is 11.8. The number of benzene rings is 2. The highest BCUT2D eigenvalue weighted by Gasteiger charge is 2.14. The third kappa shape index (κ3) is 3.18. The van der Waals surface area contributed by atoms with Crippen molar-refractivity contribution in [2.45, 2.75) is 6.61 Å². The highest BCUT2D eigenvalue weighted by Crippen LogP contribution is 2.31. The zero-order valence-corrected chi connectivity index (χ0v) is 13.4. The number of aromatic hydroxyl groups is 1. The summed E-state index contributed by atoms with van der Waals surface area (Å²) in [6, 6.07) is 16.6. The molecule has 0 bridgehead atoms. The molecule has 6 heteroatoms. The van der Waals surface area contributed by atoms with E-state index in [9.17, 15) is 5.11 Å². The van der Waals surface area contributed by atoms with E-state index in [1.807, 2.05) is 35.7 Å². The number of anilines is 1. The van der Waals surface area contributed by atoms with Crippen molar-refractivity contribution in [1.82, 2.24) is 0 Å². The van der Waals surface area contributed by atoms with Gasteiger partial charge in [-0.1, -0.05) is 0 Å². The highest BCUT2D eigenvalue weighted by molar-refractivity contribution is 7.14. The number of phenolic OH excluding ortho intramolecular Hbond substituents is 1. The first kappa shape index (κ1) is 14.6. The Morgan fingerprint density at radius 1 is 1.00 bits per heavy atom. The summed E-state index contributed by atoms with van der Waals surface area (Å²) in [4.78, 5) is 4.45. The standard InChI is InChI=1S/C18H14N2O3S/c21-14-3-7-16(8-4-14)23-15-5-1-13(2-6-15)19-18-20-17-12(11-22-18)9-10-24-17/h1-10,21H,11H2,(H,19,20). The van der Waals surface area contributed by atoms with Gasteiger partial charge in [-0.15, -0.1) is 11.3 Å². The molecule has 0 aliphatic carbocycles. The number of phenols is 1. The van der Waals surface area contributed by atoms with E-state index in [0.29, 0.717) is 24.1 Å². The minimum absolute atomic E-state index is 0.212. The van der Waals surface area contributed by atoms with Crippen LogP contribution in [0.3, 0.4) is 0 Å². The van der Waals surface area contributed by atoms with Crippen LogP contribution in [0.25, 0.3) is 0 Å². The van der Waals surface area contributed by atoms with E-state index in [4.69, 9.17) is 9.47 Å². The minimum atomic E-state index is 0.212. The van der Waals surface area contributed by atoms with Crippen LogP contribution in [0.2, 0.25) is 0 Å². The molecule has 5 nitrogen and oxygen atoms in total. The van der Waals surface area contributed by atoms with Gasteiger partial charge in [0, 0.05) is 11.3 Å². The molecule has 2 heterocycles. The number of amidine groups is 1. The van der Waals surface area contributed by atoms with Crippen molar-refractivity contribution < 1.29 is 14.6 Å². The molecular formula is C18H14N2O3S. The van der Waals surface area contributed by atoms with Crippen LogP contribution >= 0.6 is 11.3 Å². The third-order valence-electron chi connectivity index (χ3n) is 3.47. The van der Waals surface area contributed by atoms with Gasteiger partial charge in [0.2, 0.25) is 0 Å². The molecule has 1 aliphatic heterocycles. The topological polar surface area (TPSA) is 63.1 Å². The van der Waals surface area contributed by atoms with Crippen LogP contribution in [0, 0.1) is 0 Å². The Morgan fingerprint density at radius 3 is 2.46 bits per heavy atom. The molecule has 1 aromatic heterocycles. The van der Waals surface area contributed by atoms with Crippen molar-refractivity contribution in [2.75, 3.05) is 5.32 Å². The fourth-order valence-electron chi connectivity index (χ4n) is 2.25. The van der Waals surface area contributed by atoms with Crippen LogP contribution in [0.5, 0.6) is 17.2 Å². The summed E-state index contributed by atoms with van der Waals surface area (Å²) in [5.74, 6) is 1.58. The number of hydrogen-bond donors (Lipinski definition) is 2. The first-order valence-electron chi connectivity index (χ1n) is 7.38. The molecule has 0 radical (unpaired) electrons. The van der Waals surface area contributed by atoms with E-state index < -0.39 is 0 Å². The van der Waals surface area contributed by atoms with E-state index in [-0.39, 0.29) is 5.75 Å². The number of nitrogens with zero attached hydrogens (tertiary/aromatic N) is 1. The van der Waals surface area contributed by atoms with Gasteiger partial charge in [-0.3, -0.25) is 0 Å². The number of thiophene rings is 1. The van der Waals surface area contributed by atoms with Crippen LogP contribution < -0.4 is 10.1 Å². The molecule has 24 heavy (non-hydrogen) atoms. The third-order valence-corrected chi connectivity index (χ3v) is 4.32. The van der Waals surface area contributed by atoms with Crippen molar-refractivity contribution in [3.8, 4) is 17.2 Å². The number of aliphatic imine (C=N–C) groups is 1. The number of hydrogen-bond acceptors (Lipinski definition) is 6. The zero-order valence-electron chi connectivity index (χ0n) is 12.6. The van der Waals surface area contributed by atoms with Crippen molar-refractivity contribution in [1.29, 1.82) is 0 Å². The van der Waals surface area contributed by atoms with E-state index in [1.165, 1.54) is 0 Å². The largest absolute Gasteiger partial charge is 0.508 e. The van der Waals surface area contributed by atoms with Crippen molar-refractivity contribution >= 4 is 28.0 Å². The van der Waals surface area contributed by atoms with Crippen LogP contribution in [0.15, 0.2) is 65.0 Å². The van der Waals surface area contributed by atoms with Gasteiger partial charge >= 0.3 is 0 Å². The lowest BCUT2D eigenvalue weighted by atomic mass is 10.3. The molecule has 4 rings (SSSR count). The van der Waals surface area contributed by atoms with Crippen LogP contribution in [0.1, 0.15) is 5.56 Å². The van der Waals surface area contributed by atoms with Gasteiger partial charge in [-0.25, -0.2) is 0 Å². The molecule has 0 spiro atoms. The Morgan fingerprint density at radius 2 is 1.71 bits per heavy atom. The minimum Gasteiger partial charge on any atom is -0.508 e. The Balaban J connectivity index is 1.44. The fraction of sp³-hybridized carbons (Fsp3) is 0.0556. The maximum absolute atomic E-state index is 9.28. The highest BCUT2D eigenvalue weighted by atomic mass is 32.1. The van der Waals surface area contributed by atoms with E-state index in [1.54, 1.807) is 35.6 Å². The zero-order chi connectivity index (χ0) is 16.4. The van der Waals surface area contributed by atoms with Gasteiger partial charge in [0.1, 0.15) is 28.9 Å². The summed E-state index contributed by atoms with van der Waals surface area (Å²) in [7, 11) is 0. The Bertz CT molecular complexity index is 870. The van der Waals surface area contributed by atoms with E-state index in [2.05, 4.69) is 10.3 Å². The molecule has 2 N–H and O–H groups in total. The molecule has 0 amide bonds.